The smallest absolute Gasteiger partial charge is 0.320 e. The molecule has 3 amide bonds. The molecule has 29 heavy (non-hydrogen) atoms. The van der Waals surface area contributed by atoms with Gasteiger partial charge < -0.3 is 24.6 Å². The number of piperidine rings is 1. The fourth-order valence-electron chi connectivity index (χ4n) is 4.34. The summed E-state index contributed by atoms with van der Waals surface area (Å²) in [4.78, 5) is 29.3. The van der Waals surface area contributed by atoms with Gasteiger partial charge in [-0.25, -0.2) is 4.79 Å². The fraction of sp³-hybridized carbons (Fsp3) is 0.636. The van der Waals surface area contributed by atoms with Crippen LogP contribution >= 0.6 is 0 Å². The van der Waals surface area contributed by atoms with Crippen LogP contribution in [0, 0.1) is 5.92 Å². The van der Waals surface area contributed by atoms with E-state index < -0.39 is 0 Å². The van der Waals surface area contributed by atoms with Crippen molar-refractivity contribution in [3.05, 3.63) is 23.8 Å². The molecule has 7 heteroatoms. The van der Waals surface area contributed by atoms with Gasteiger partial charge in [0.25, 0.3) is 0 Å². The molecule has 2 fully saturated rings. The van der Waals surface area contributed by atoms with Gasteiger partial charge in [-0.1, -0.05) is 6.07 Å². The Hall–Kier alpha value is -2.44. The summed E-state index contributed by atoms with van der Waals surface area (Å²) in [6, 6.07) is 5.80. The Balaban J connectivity index is 1.35. The van der Waals surface area contributed by atoms with E-state index in [1.807, 2.05) is 34.9 Å². The van der Waals surface area contributed by atoms with Crippen molar-refractivity contribution in [2.75, 3.05) is 39.4 Å². The molecular weight excluding hydrogens is 370 g/mol. The van der Waals surface area contributed by atoms with Crippen LogP contribution in [0.3, 0.4) is 0 Å². The maximum atomic E-state index is 12.9. The number of likely N-dealkylation sites (tertiary alicyclic amines) is 2. The molecular formula is C22H31N3O4. The summed E-state index contributed by atoms with van der Waals surface area (Å²) in [5, 5.41) is 3.13. The largest absolute Gasteiger partial charge is 0.490 e. The molecule has 0 radical (unpaired) electrons. The van der Waals surface area contributed by atoms with Gasteiger partial charge in [0.2, 0.25) is 5.91 Å². The van der Waals surface area contributed by atoms with E-state index >= 15 is 0 Å². The normalized spacial score (nSPS) is 22.7. The molecule has 4 rings (SSSR count). The number of amides is 3. The second-order valence-corrected chi connectivity index (χ2v) is 8.25. The summed E-state index contributed by atoms with van der Waals surface area (Å²) < 4.78 is 11.4. The molecule has 3 aliphatic rings. The lowest BCUT2D eigenvalue weighted by atomic mass is 9.96. The highest BCUT2D eigenvalue weighted by molar-refractivity contribution is 5.81. The number of hydrogen-bond acceptors (Lipinski definition) is 4. The number of fused-ring (bicyclic) bond motifs is 1. The van der Waals surface area contributed by atoms with Gasteiger partial charge in [0, 0.05) is 32.6 Å². The van der Waals surface area contributed by atoms with E-state index in [9.17, 15) is 9.59 Å². The van der Waals surface area contributed by atoms with Gasteiger partial charge in [0.05, 0.1) is 25.2 Å². The van der Waals surface area contributed by atoms with Crippen molar-refractivity contribution >= 4 is 11.9 Å². The molecule has 0 bridgehead atoms. The van der Waals surface area contributed by atoms with Crippen LogP contribution in [0.15, 0.2) is 18.2 Å². The van der Waals surface area contributed by atoms with Crippen LogP contribution in [-0.4, -0.2) is 61.1 Å². The highest BCUT2D eigenvalue weighted by Crippen LogP contribution is 2.32. The van der Waals surface area contributed by atoms with Crippen molar-refractivity contribution in [3.63, 3.8) is 0 Å². The summed E-state index contributed by atoms with van der Waals surface area (Å²) in [5.41, 5.74) is 0.989. The molecule has 0 saturated carbocycles. The van der Waals surface area contributed by atoms with E-state index in [4.69, 9.17) is 9.47 Å². The molecule has 7 nitrogen and oxygen atoms in total. The van der Waals surface area contributed by atoms with Crippen molar-refractivity contribution in [2.45, 2.75) is 45.1 Å². The molecule has 0 unspecified atom stereocenters. The second kappa shape index (κ2) is 8.93. The Labute approximate surface area is 172 Å². The number of nitrogens with zero attached hydrogens (tertiary/aromatic N) is 2. The number of benzene rings is 1. The van der Waals surface area contributed by atoms with E-state index in [0.717, 1.165) is 68.8 Å². The van der Waals surface area contributed by atoms with Crippen LogP contribution in [0.4, 0.5) is 4.79 Å². The third-order valence-electron chi connectivity index (χ3n) is 6.07. The molecule has 0 spiro atoms. The average molecular weight is 402 g/mol. The number of ether oxygens (including phenoxy) is 2. The molecule has 3 aliphatic heterocycles. The van der Waals surface area contributed by atoms with Crippen molar-refractivity contribution in [3.8, 4) is 11.5 Å². The van der Waals surface area contributed by atoms with Gasteiger partial charge in [-0.2, -0.15) is 0 Å². The lowest BCUT2D eigenvalue weighted by Crippen LogP contribution is -2.49. The fourth-order valence-corrected chi connectivity index (χ4v) is 4.34. The molecule has 1 N–H and O–H groups in total. The van der Waals surface area contributed by atoms with Gasteiger partial charge >= 0.3 is 6.03 Å². The van der Waals surface area contributed by atoms with Gasteiger partial charge in [-0.15, -0.1) is 0 Å². The topological polar surface area (TPSA) is 71.1 Å². The molecule has 0 aromatic heterocycles. The van der Waals surface area contributed by atoms with Crippen molar-refractivity contribution in [1.82, 2.24) is 15.1 Å². The highest BCUT2D eigenvalue weighted by atomic mass is 16.5. The van der Waals surface area contributed by atoms with E-state index in [1.165, 1.54) is 0 Å². The minimum absolute atomic E-state index is 0.0172. The number of nitrogens with one attached hydrogen (secondary N) is 1. The van der Waals surface area contributed by atoms with Crippen LogP contribution < -0.4 is 14.8 Å². The molecule has 3 heterocycles. The molecule has 1 aromatic carbocycles. The van der Waals surface area contributed by atoms with E-state index in [0.29, 0.717) is 19.8 Å². The zero-order valence-electron chi connectivity index (χ0n) is 17.2. The third-order valence-corrected chi connectivity index (χ3v) is 6.07. The Bertz CT molecular complexity index is 748. The first-order chi connectivity index (χ1) is 14.1. The third kappa shape index (κ3) is 4.60. The van der Waals surface area contributed by atoms with Crippen LogP contribution in [0.2, 0.25) is 0 Å². The predicted octanol–water partition coefficient (Wildman–Crippen LogP) is 2.95. The SMILES string of the molecule is C[C@@H](NC(=O)[C@@H]1CCCN(C(=O)N2CCCC2)C1)c1ccc2c(c1)OCCCO2. The van der Waals surface area contributed by atoms with Crippen molar-refractivity contribution < 1.29 is 19.1 Å². The Morgan fingerprint density at radius 3 is 2.52 bits per heavy atom. The van der Waals surface area contributed by atoms with Gasteiger partial charge in [-0.05, 0) is 50.3 Å². The van der Waals surface area contributed by atoms with Gasteiger partial charge in [-0.3, -0.25) is 4.79 Å². The quantitative estimate of drug-likeness (QED) is 0.845. The summed E-state index contributed by atoms with van der Waals surface area (Å²) in [6.07, 6.45) is 4.72. The number of rotatable bonds is 3. The first kappa shape index (κ1) is 19.9. The van der Waals surface area contributed by atoms with Gasteiger partial charge in [0.1, 0.15) is 0 Å². The van der Waals surface area contributed by atoms with E-state index in [2.05, 4.69) is 5.32 Å². The van der Waals surface area contributed by atoms with Gasteiger partial charge in [0.15, 0.2) is 11.5 Å². The summed E-state index contributed by atoms with van der Waals surface area (Å²) in [6.45, 7) is 6.22. The number of urea groups is 1. The maximum absolute atomic E-state index is 12.9. The monoisotopic (exact) mass is 401 g/mol. The first-order valence-corrected chi connectivity index (χ1v) is 10.9. The maximum Gasteiger partial charge on any atom is 0.320 e. The minimum atomic E-state index is -0.154. The molecule has 2 atom stereocenters. The van der Waals surface area contributed by atoms with Crippen molar-refractivity contribution in [1.29, 1.82) is 0 Å². The van der Waals surface area contributed by atoms with E-state index in [-0.39, 0.29) is 23.9 Å². The number of carbonyl (C=O) groups excluding carboxylic acids is 2. The van der Waals surface area contributed by atoms with Crippen LogP contribution in [0.1, 0.15) is 50.6 Å². The summed E-state index contributed by atoms with van der Waals surface area (Å²) in [5.74, 6) is 1.36. The second-order valence-electron chi connectivity index (χ2n) is 8.25. The Morgan fingerprint density at radius 2 is 1.72 bits per heavy atom. The Morgan fingerprint density at radius 1 is 1.00 bits per heavy atom. The van der Waals surface area contributed by atoms with Crippen LogP contribution in [0.5, 0.6) is 11.5 Å². The lowest BCUT2D eigenvalue weighted by molar-refractivity contribution is -0.127. The standard InChI is InChI=1S/C22H31N3O4/c1-16(17-7-8-19-20(14-17)29-13-5-12-28-19)23-21(26)18-6-4-11-25(15-18)22(27)24-9-2-3-10-24/h7-8,14,16,18H,2-6,9-13,15H2,1H3,(H,23,26)/t16-,18-/m1/s1. The van der Waals surface area contributed by atoms with Crippen LogP contribution in [0.25, 0.3) is 0 Å². The zero-order chi connectivity index (χ0) is 20.2. The predicted molar refractivity (Wildman–Crippen MR) is 109 cm³/mol. The molecule has 2 saturated heterocycles. The first-order valence-electron chi connectivity index (χ1n) is 10.9. The molecule has 0 aliphatic carbocycles. The Kier molecular flexibility index (Phi) is 6.11. The lowest BCUT2D eigenvalue weighted by Gasteiger charge is -2.35. The van der Waals surface area contributed by atoms with E-state index in [1.54, 1.807) is 0 Å². The van der Waals surface area contributed by atoms with Crippen LogP contribution in [-0.2, 0) is 4.79 Å². The highest BCUT2D eigenvalue weighted by Gasteiger charge is 2.32. The molecule has 158 valence electrons. The van der Waals surface area contributed by atoms with Crippen molar-refractivity contribution in [2.24, 2.45) is 5.92 Å². The average Bonchev–Trinajstić information content (AvgIpc) is 3.18. The number of hydrogen-bond donors (Lipinski definition) is 1. The minimum Gasteiger partial charge on any atom is -0.490 e. The summed E-state index contributed by atoms with van der Waals surface area (Å²) in [7, 11) is 0. The zero-order valence-corrected chi connectivity index (χ0v) is 17.2. The summed E-state index contributed by atoms with van der Waals surface area (Å²) >= 11 is 0. The number of carbonyl (C=O) groups is 2. The molecule has 1 aromatic rings.